The normalized spacial score (nSPS) is 10.4. The summed E-state index contributed by atoms with van der Waals surface area (Å²) >= 11 is 0. The van der Waals surface area contributed by atoms with Gasteiger partial charge in [0, 0.05) is 30.2 Å². The highest BCUT2D eigenvalue weighted by molar-refractivity contribution is 5.78. The lowest BCUT2D eigenvalue weighted by Gasteiger charge is -2.15. The van der Waals surface area contributed by atoms with E-state index in [0.717, 1.165) is 16.8 Å². The van der Waals surface area contributed by atoms with Crippen molar-refractivity contribution in [2.45, 2.75) is 13.0 Å². The van der Waals surface area contributed by atoms with E-state index in [0.29, 0.717) is 30.2 Å². The molecule has 0 bridgehead atoms. The number of hydrogen-bond donors (Lipinski definition) is 1. The molecule has 1 amide bonds. The van der Waals surface area contributed by atoms with E-state index in [-0.39, 0.29) is 5.91 Å². The molecule has 146 valence electrons. The first kappa shape index (κ1) is 19.4. The Morgan fingerprint density at radius 2 is 1.54 bits per heavy atom. The lowest BCUT2D eigenvalue weighted by Crippen LogP contribution is -2.25. The molecule has 3 rings (SSSR count). The van der Waals surface area contributed by atoms with E-state index in [1.54, 1.807) is 33.5 Å². The minimum Gasteiger partial charge on any atom is -0.496 e. The fraction of sp³-hybridized carbons (Fsp3) is 0.227. The van der Waals surface area contributed by atoms with Crippen LogP contribution in [0.1, 0.15) is 11.1 Å². The molecular weight excluding hydrogens is 356 g/mol. The SMILES string of the molecule is COc1cc(OC)c(CNC(=O)Cc2ccc(-n3cccc3)cc2)c(OC)c1. The predicted octanol–water partition coefficient (Wildman–Crippen LogP) is 3.36. The molecule has 0 radical (unpaired) electrons. The van der Waals surface area contributed by atoms with Crippen molar-refractivity contribution in [1.29, 1.82) is 0 Å². The zero-order valence-corrected chi connectivity index (χ0v) is 16.3. The van der Waals surface area contributed by atoms with Crippen molar-refractivity contribution >= 4 is 5.91 Å². The van der Waals surface area contributed by atoms with E-state index in [4.69, 9.17) is 14.2 Å². The lowest BCUT2D eigenvalue weighted by atomic mass is 10.1. The summed E-state index contributed by atoms with van der Waals surface area (Å²) < 4.78 is 18.1. The van der Waals surface area contributed by atoms with Crippen LogP contribution in [0.15, 0.2) is 60.9 Å². The Labute approximate surface area is 164 Å². The van der Waals surface area contributed by atoms with Crippen molar-refractivity contribution in [2.24, 2.45) is 0 Å². The molecule has 1 heterocycles. The zero-order chi connectivity index (χ0) is 19.9. The fourth-order valence-corrected chi connectivity index (χ4v) is 2.98. The average molecular weight is 380 g/mol. The van der Waals surface area contributed by atoms with Crippen LogP contribution in [-0.2, 0) is 17.8 Å². The van der Waals surface area contributed by atoms with Gasteiger partial charge < -0.3 is 24.1 Å². The Kier molecular flexibility index (Phi) is 6.22. The Bertz CT molecular complexity index is 893. The zero-order valence-electron chi connectivity index (χ0n) is 16.3. The molecule has 6 heteroatoms. The fourth-order valence-electron chi connectivity index (χ4n) is 2.98. The van der Waals surface area contributed by atoms with Crippen LogP contribution in [0.4, 0.5) is 0 Å². The molecule has 0 spiro atoms. The molecule has 0 unspecified atom stereocenters. The maximum Gasteiger partial charge on any atom is 0.224 e. The van der Waals surface area contributed by atoms with Gasteiger partial charge in [0.2, 0.25) is 5.91 Å². The van der Waals surface area contributed by atoms with Gasteiger partial charge in [0.1, 0.15) is 17.2 Å². The van der Waals surface area contributed by atoms with Gasteiger partial charge >= 0.3 is 0 Å². The van der Waals surface area contributed by atoms with Crippen LogP contribution >= 0.6 is 0 Å². The molecule has 1 N–H and O–H groups in total. The maximum atomic E-state index is 12.4. The minimum absolute atomic E-state index is 0.0753. The second-order valence-electron chi connectivity index (χ2n) is 6.22. The van der Waals surface area contributed by atoms with E-state index in [9.17, 15) is 4.79 Å². The van der Waals surface area contributed by atoms with Crippen molar-refractivity contribution in [3.63, 3.8) is 0 Å². The first-order valence-corrected chi connectivity index (χ1v) is 8.92. The number of ether oxygens (including phenoxy) is 3. The topological polar surface area (TPSA) is 61.7 Å². The number of carbonyl (C=O) groups is 1. The average Bonchev–Trinajstić information content (AvgIpc) is 3.27. The number of rotatable bonds is 8. The molecule has 0 aliphatic rings. The molecule has 1 aromatic heterocycles. The van der Waals surface area contributed by atoms with Gasteiger partial charge in [-0.25, -0.2) is 0 Å². The third-order valence-corrected chi connectivity index (χ3v) is 4.48. The standard InChI is InChI=1S/C22H24N2O4/c1-26-18-13-20(27-2)19(21(14-18)28-3)15-23-22(25)12-16-6-8-17(9-7-16)24-10-4-5-11-24/h4-11,13-14H,12,15H2,1-3H3,(H,23,25). The first-order valence-electron chi connectivity index (χ1n) is 8.92. The number of methoxy groups -OCH3 is 3. The van der Waals surface area contributed by atoms with Crippen LogP contribution in [0, 0.1) is 0 Å². The molecule has 0 aliphatic heterocycles. The van der Waals surface area contributed by atoms with Crippen molar-refractivity contribution in [1.82, 2.24) is 9.88 Å². The largest absolute Gasteiger partial charge is 0.496 e. The van der Waals surface area contributed by atoms with Gasteiger partial charge in [-0.05, 0) is 29.8 Å². The molecule has 0 aliphatic carbocycles. The summed E-state index contributed by atoms with van der Waals surface area (Å²) in [6, 6.07) is 15.4. The molecular formula is C22H24N2O4. The van der Waals surface area contributed by atoms with Gasteiger partial charge in [-0.3, -0.25) is 4.79 Å². The molecule has 0 saturated carbocycles. The summed E-state index contributed by atoms with van der Waals surface area (Å²) in [5, 5.41) is 2.93. The number of carbonyl (C=O) groups excluding carboxylic acids is 1. The van der Waals surface area contributed by atoms with E-state index in [1.165, 1.54) is 0 Å². The first-order chi connectivity index (χ1) is 13.6. The lowest BCUT2D eigenvalue weighted by molar-refractivity contribution is -0.120. The van der Waals surface area contributed by atoms with Gasteiger partial charge in [-0.15, -0.1) is 0 Å². The van der Waals surface area contributed by atoms with Crippen LogP contribution in [-0.4, -0.2) is 31.8 Å². The van der Waals surface area contributed by atoms with E-state index < -0.39 is 0 Å². The number of nitrogens with one attached hydrogen (secondary N) is 1. The molecule has 28 heavy (non-hydrogen) atoms. The van der Waals surface area contributed by atoms with E-state index in [1.807, 2.05) is 53.4 Å². The van der Waals surface area contributed by atoms with E-state index >= 15 is 0 Å². The van der Waals surface area contributed by atoms with Gasteiger partial charge in [0.25, 0.3) is 0 Å². The minimum atomic E-state index is -0.0753. The second-order valence-corrected chi connectivity index (χ2v) is 6.22. The molecule has 2 aromatic carbocycles. The van der Waals surface area contributed by atoms with Gasteiger partial charge in [0.05, 0.1) is 39.9 Å². The highest BCUT2D eigenvalue weighted by Crippen LogP contribution is 2.33. The molecule has 0 fully saturated rings. The molecule has 3 aromatic rings. The third-order valence-electron chi connectivity index (χ3n) is 4.48. The quantitative estimate of drug-likeness (QED) is 0.651. The molecule has 6 nitrogen and oxygen atoms in total. The Morgan fingerprint density at radius 1 is 0.929 bits per heavy atom. The maximum absolute atomic E-state index is 12.4. The van der Waals surface area contributed by atoms with Crippen LogP contribution in [0.3, 0.4) is 0 Å². The summed E-state index contributed by atoms with van der Waals surface area (Å²) in [6.07, 6.45) is 4.27. The van der Waals surface area contributed by atoms with Crippen molar-refractivity contribution in [2.75, 3.05) is 21.3 Å². The van der Waals surface area contributed by atoms with Crippen molar-refractivity contribution in [3.8, 4) is 22.9 Å². The number of aromatic nitrogens is 1. The van der Waals surface area contributed by atoms with Crippen LogP contribution in [0.2, 0.25) is 0 Å². The number of benzene rings is 2. The second kappa shape index (κ2) is 8.99. The summed E-state index contributed by atoms with van der Waals surface area (Å²) in [4.78, 5) is 12.4. The van der Waals surface area contributed by atoms with Crippen molar-refractivity contribution in [3.05, 3.63) is 72.1 Å². The third kappa shape index (κ3) is 4.46. The summed E-state index contributed by atoms with van der Waals surface area (Å²) in [7, 11) is 4.73. The number of amides is 1. The van der Waals surface area contributed by atoms with E-state index in [2.05, 4.69) is 5.32 Å². The van der Waals surface area contributed by atoms with Gasteiger partial charge in [0.15, 0.2) is 0 Å². The summed E-state index contributed by atoms with van der Waals surface area (Å²) in [5.74, 6) is 1.76. The summed E-state index contributed by atoms with van der Waals surface area (Å²) in [5.41, 5.74) is 2.77. The Balaban J connectivity index is 1.64. The van der Waals surface area contributed by atoms with Crippen LogP contribution < -0.4 is 19.5 Å². The Morgan fingerprint density at radius 3 is 2.07 bits per heavy atom. The van der Waals surface area contributed by atoms with Crippen molar-refractivity contribution < 1.29 is 19.0 Å². The van der Waals surface area contributed by atoms with Crippen LogP contribution in [0.25, 0.3) is 5.69 Å². The highest BCUT2D eigenvalue weighted by Gasteiger charge is 2.14. The van der Waals surface area contributed by atoms with Gasteiger partial charge in [-0.2, -0.15) is 0 Å². The molecule has 0 atom stereocenters. The smallest absolute Gasteiger partial charge is 0.224 e. The van der Waals surface area contributed by atoms with Gasteiger partial charge in [-0.1, -0.05) is 12.1 Å². The molecule has 0 saturated heterocycles. The predicted molar refractivity (Wildman–Crippen MR) is 107 cm³/mol. The number of nitrogens with zero attached hydrogens (tertiary/aromatic N) is 1. The number of hydrogen-bond acceptors (Lipinski definition) is 4. The summed E-state index contributed by atoms with van der Waals surface area (Å²) in [6.45, 7) is 0.302. The highest BCUT2D eigenvalue weighted by atomic mass is 16.5. The Hall–Kier alpha value is -3.41. The monoisotopic (exact) mass is 380 g/mol. The van der Waals surface area contributed by atoms with Crippen LogP contribution in [0.5, 0.6) is 17.2 Å².